The van der Waals surface area contributed by atoms with Gasteiger partial charge in [0.05, 0.1) is 5.60 Å². The van der Waals surface area contributed by atoms with Gasteiger partial charge in [-0.2, -0.15) is 0 Å². The van der Waals surface area contributed by atoms with Crippen LogP contribution in [0.25, 0.3) is 0 Å². The summed E-state index contributed by atoms with van der Waals surface area (Å²) in [6.07, 6.45) is 6.57. The Labute approximate surface area is 88.4 Å². The van der Waals surface area contributed by atoms with Crippen molar-refractivity contribution >= 4 is 0 Å². The molecule has 0 radical (unpaired) electrons. The smallest absolute Gasteiger partial charge is 0.0598 e. The van der Waals surface area contributed by atoms with Crippen molar-refractivity contribution in [2.45, 2.75) is 64.5 Å². The Morgan fingerprint density at radius 1 is 1.14 bits per heavy atom. The number of hydrogen-bond acceptors (Lipinski definition) is 2. The maximum Gasteiger partial charge on any atom is 0.0598 e. The fourth-order valence-electron chi connectivity index (χ4n) is 1.38. The lowest BCUT2D eigenvalue weighted by molar-refractivity contribution is -0.00468. The average Bonchev–Trinajstić information content (AvgIpc) is 2.84. The third-order valence-corrected chi connectivity index (χ3v) is 2.37. The minimum atomic E-state index is 0.0340. The zero-order valence-corrected chi connectivity index (χ0v) is 9.94. The monoisotopic (exact) mass is 199 g/mol. The standard InChI is InChI=1S/C12H25NO/c1-12(2,3)14-10-6-4-5-9-13-11-7-8-11/h11,13H,4-10H2,1-3H3. The van der Waals surface area contributed by atoms with Gasteiger partial charge >= 0.3 is 0 Å². The largest absolute Gasteiger partial charge is 0.376 e. The van der Waals surface area contributed by atoms with E-state index in [2.05, 4.69) is 26.1 Å². The van der Waals surface area contributed by atoms with Crippen molar-refractivity contribution < 1.29 is 4.74 Å². The topological polar surface area (TPSA) is 21.3 Å². The van der Waals surface area contributed by atoms with Crippen LogP contribution in [0.5, 0.6) is 0 Å². The molecule has 0 atom stereocenters. The fourth-order valence-corrected chi connectivity index (χ4v) is 1.38. The summed E-state index contributed by atoms with van der Waals surface area (Å²) in [5, 5.41) is 3.52. The summed E-state index contributed by atoms with van der Waals surface area (Å²) in [6.45, 7) is 8.44. The molecule has 0 spiro atoms. The second kappa shape index (κ2) is 5.72. The van der Waals surface area contributed by atoms with Gasteiger partial charge in [-0.25, -0.2) is 0 Å². The van der Waals surface area contributed by atoms with Gasteiger partial charge in [0.2, 0.25) is 0 Å². The summed E-state index contributed by atoms with van der Waals surface area (Å²) in [7, 11) is 0. The van der Waals surface area contributed by atoms with E-state index in [0.29, 0.717) is 0 Å². The number of unbranched alkanes of at least 4 members (excludes halogenated alkanes) is 2. The Balaban J connectivity index is 1.75. The first-order chi connectivity index (χ1) is 6.58. The van der Waals surface area contributed by atoms with Gasteiger partial charge in [0.25, 0.3) is 0 Å². The molecule has 0 heterocycles. The quantitative estimate of drug-likeness (QED) is 0.637. The molecule has 1 N–H and O–H groups in total. The third-order valence-electron chi connectivity index (χ3n) is 2.37. The van der Waals surface area contributed by atoms with Crippen molar-refractivity contribution in [3.63, 3.8) is 0 Å². The Bertz CT molecular complexity index is 147. The van der Waals surface area contributed by atoms with Crippen LogP contribution in [0.2, 0.25) is 0 Å². The van der Waals surface area contributed by atoms with Crippen LogP contribution in [0, 0.1) is 0 Å². The van der Waals surface area contributed by atoms with Gasteiger partial charge in [0, 0.05) is 12.6 Å². The van der Waals surface area contributed by atoms with Gasteiger partial charge < -0.3 is 10.1 Å². The molecule has 1 saturated carbocycles. The van der Waals surface area contributed by atoms with Crippen molar-refractivity contribution in [2.75, 3.05) is 13.2 Å². The van der Waals surface area contributed by atoms with Crippen molar-refractivity contribution in [3.8, 4) is 0 Å². The van der Waals surface area contributed by atoms with E-state index in [0.717, 1.165) is 12.6 Å². The van der Waals surface area contributed by atoms with E-state index in [1.165, 1.54) is 38.6 Å². The van der Waals surface area contributed by atoms with Crippen LogP contribution in [-0.2, 0) is 4.74 Å². The third kappa shape index (κ3) is 7.34. The van der Waals surface area contributed by atoms with E-state index in [4.69, 9.17) is 4.74 Å². The summed E-state index contributed by atoms with van der Waals surface area (Å²) in [4.78, 5) is 0. The summed E-state index contributed by atoms with van der Waals surface area (Å²) >= 11 is 0. The van der Waals surface area contributed by atoms with Crippen LogP contribution in [0.15, 0.2) is 0 Å². The second-order valence-electron chi connectivity index (χ2n) is 5.25. The lowest BCUT2D eigenvalue weighted by atomic mass is 10.2. The molecule has 2 nitrogen and oxygen atoms in total. The molecule has 2 heteroatoms. The van der Waals surface area contributed by atoms with Gasteiger partial charge in [-0.3, -0.25) is 0 Å². The number of nitrogens with one attached hydrogen (secondary N) is 1. The maximum absolute atomic E-state index is 5.65. The molecule has 1 rings (SSSR count). The lowest BCUT2D eigenvalue weighted by Crippen LogP contribution is -2.20. The Morgan fingerprint density at radius 3 is 2.43 bits per heavy atom. The summed E-state index contributed by atoms with van der Waals surface area (Å²) in [5.41, 5.74) is 0.0340. The van der Waals surface area contributed by atoms with E-state index in [9.17, 15) is 0 Å². The molecular formula is C12H25NO. The van der Waals surface area contributed by atoms with E-state index in [-0.39, 0.29) is 5.60 Å². The first kappa shape index (κ1) is 12.0. The van der Waals surface area contributed by atoms with E-state index in [1.54, 1.807) is 0 Å². The Morgan fingerprint density at radius 2 is 1.86 bits per heavy atom. The highest BCUT2D eigenvalue weighted by atomic mass is 16.5. The predicted octanol–water partition coefficient (Wildman–Crippen LogP) is 2.72. The van der Waals surface area contributed by atoms with Gasteiger partial charge in [-0.1, -0.05) is 0 Å². The molecule has 0 saturated heterocycles. The zero-order chi connectivity index (χ0) is 10.4. The van der Waals surface area contributed by atoms with Crippen LogP contribution in [-0.4, -0.2) is 24.8 Å². The minimum Gasteiger partial charge on any atom is -0.376 e. The zero-order valence-electron chi connectivity index (χ0n) is 9.94. The molecule has 0 aromatic rings. The molecule has 1 aliphatic carbocycles. The van der Waals surface area contributed by atoms with Crippen LogP contribution in [0.1, 0.15) is 52.9 Å². The molecule has 0 amide bonds. The van der Waals surface area contributed by atoms with Crippen molar-refractivity contribution in [2.24, 2.45) is 0 Å². The summed E-state index contributed by atoms with van der Waals surface area (Å²) < 4.78 is 5.65. The highest BCUT2D eigenvalue weighted by Gasteiger charge is 2.19. The van der Waals surface area contributed by atoms with Crippen LogP contribution < -0.4 is 5.32 Å². The predicted molar refractivity (Wildman–Crippen MR) is 60.6 cm³/mol. The molecule has 0 aliphatic heterocycles. The van der Waals surface area contributed by atoms with E-state index < -0.39 is 0 Å². The molecule has 0 unspecified atom stereocenters. The molecule has 1 fully saturated rings. The fraction of sp³-hybridized carbons (Fsp3) is 1.00. The normalized spacial score (nSPS) is 17.4. The maximum atomic E-state index is 5.65. The highest BCUT2D eigenvalue weighted by molar-refractivity contribution is 4.80. The van der Waals surface area contributed by atoms with Crippen LogP contribution in [0.3, 0.4) is 0 Å². The molecule has 84 valence electrons. The molecule has 0 aromatic carbocycles. The summed E-state index contributed by atoms with van der Waals surface area (Å²) in [6, 6.07) is 0.862. The molecule has 0 aromatic heterocycles. The molecule has 0 bridgehead atoms. The van der Waals surface area contributed by atoms with Gasteiger partial charge in [0.1, 0.15) is 0 Å². The van der Waals surface area contributed by atoms with Gasteiger partial charge in [-0.05, 0) is 59.4 Å². The Kier molecular flexibility index (Phi) is 4.90. The van der Waals surface area contributed by atoms with E-state index >= 15 is 0 Å². The average molecular weight is 199 g/mol. The highest BCUT2D eigenvalue weighted by Crippen LogP contribution is 2.18. The lowest BCUT2D eigenvalue weighted by Gasteiger charge is -2.19. The first-order valence-corrected chi connectivity index (χ1v) is 5.95. The minimum absolute atomic E-state index is 0.0340. The van der Waals surface area contributed by atoms with Crippen LogP contribution in [0.4, 0.5) is 0 Å². The van der Waals surface area contributed by atoms with Crippen molar-refractivity contribution in [3.05, 3.63) is 0 Å². The van der Waals surface area contributed by atoms with Gasteiger partial charge in [-0.15, -0.1) is 0 Å². The van der Waals surface area contributed by atoms with Gasteiger partial charge in [0.15, 0.2) is 0 Å². The number of rotatable bonds is 7. The second-order valence-corrected chi connectivity index (χ2v) is 5.25. The van der Waals surface area contributed by atoms with Crippen molar-refractivity contribution in [1.29, 1.82) is 0 Å². The Hall–Kier alpha value is -0.0800. The number of ether oxygens (including phenoxy) is 1. The molecule has 14 heavy (non-hydrogen) atoms. The number of hydrogen-bond donors (Lipinski definition) is 1. The molecular weight excluding hydrogens is 174 g/mol. The first-order valence-electron chi connectivity index (χ1n) is 5.95. The van der Waals surface area contributed by atoms with Crippen LogP contribution >= 0.6 is 0 Å². The van der Waals surface area contributed by atoms with E-state index in [1.807, 2.05) is 0 Å². The van der Waals surface area contributed by atoms with Crippen molar-refractivity contribution in [1.82, 2.24) is 5.32 Å². The summed E-state index contributed by atoms with van der Waals surface area (Å²) in [5.74, 6) is 0. The molecule has 1 aliphatic rings. The SMILES string of the molecule is CC(C)(C)OCCCCCNC1CC1.